The van der Waals surface area contributed by atoms with E-state index in [4.69, 9.17) is 5.11 Å². The van der Waals surface area contributed by atoms with Crippen molar-refractivity contribution in [3.05, 3.63) is 35.4 Å². The summed E-state index contributed by atoms with van der Waals surface area (Å²) < 4.78 is 4.13. The Balaban J connectivity index is 0. The standard InChI is InChI=1S/C8H6O4S.K.H/c9-7(10)5-2-1-3-6(4-5)8(11)12-13;;/h1-4,13H,(H,9,10);;/q;+1;-1. The molecule has 0 bridgehead atoms. The van der Waals surface area contributed by atoms with Crippen molar-refractivity contribution in [2.24, 2.45) is 0 Å². The molecule has 1 aromatic rings. The summed E-state index contributed by atoms with van der Waals surface area (Å²) in [5.41, 5.74) is 0.200. The summed E-state index contributed by atoms with van der Waals surface area (Å²) in [6, 6.07) is 5.52. The van der Waals surface area contributed by atoms with Gasteiger partial charge in [0.05, 0.1) is 11.1 Å². The van der Waals surface area contributed by atoms with Gasteiger partial charge in [-0.1, -0.05) is 6.07 Å². The van der Waals surface area contributed by atoms with E-state index in [9.17, 15) is 9.59 Å². The first-order valence-corrected chi connectivity index (χ1v) is 3.71. The van der Waals surface area contributed by atoms with Crippen molar-refractivity contribution in [3.8, 4) is 0 Å². The second-order valence-electron chi connectivity index (χ2n) is 2.26. The van der Waals surface area contributed by atoms with Gasteiger partial charge in [-0.25, -0.2) is 9.59 Å². The average molecular weight is 238 g/mol. The molecule has 0 amide bonds. The summed E-state index contributed by atoms with van der Waals surface area (Å²) in [7, 11) is 0. The molecule has 6 heteroatoms. The summed E-state index contributed by atoms with van der Waals surface area (Å²) in [5.74, 6) is -1.76. The van der Waals surface area contributed by atoms with Crippen molar-refractivity contribution in [3.63, 3.8) is 0 Å². The van der Waals surface area contributed by atoms with Crippen LogP contribution in [0.25, 0.3) is 0 Å². The van der Waals surface area contributed by atoms with Gasteiger partial charge in [0, 0.05) is 12.9 Å². The number of thiol groups is 1. The zero-order valence-corrected chi connectivity index (χ0v) is 11.4. The number of carboxylic acid groups (broad SMARTS) is 1. The Morgan fingerprint density at radius 2 is 1.93 bits per heavy atom. The van der Waals surface area contributed by atoms with Crippen LogP contribution in [0.3, 0.4) is 0 Å². The minimum Gasteiger partial charge on any atom is -1.00 e. The second-order valence-corrected chi connectivity index (χ2v) is 2.45. The van der Waals surface area contributed by atoms with E-state index in [1.165, 1.54) is 24.3 Å². The number of benzene rings is 1. The van der Waals surface area contributed by atoms with E-state index >= 15 is 0 Å². The fourth-order valence-corrected chi connectivity index (χ4v) is 0.937. The van der Waals surface area contributed by atoms with Crippen LogP contribution in [0.5, 0.6) is 0 Å². The number of carbonyl (C=O) groups is 2. The number of rotatable bonds is 2. The molecule has 4 nitrogen and oxygen atoms in total. The van der Waals surface area contributed by atoms with Gasteiger partial charge in [-0.05, 0) is 18.2 Å². The van der Waals surface area contributed by atoms with E-state index in [2.05, 4.69) is 17.1 Å². The van der Waals surface area contributed by atoms with Gasteiger partial charge >= 0.3 is 63.3 Å². The summed E-state index contributed by atoms with van der Waals surface area (Å²) in [6.45, 7) is 0. The van der Waals surface area contributed by atoms with E-state index < -0.39 is 11.9 Å². The molecule has 1 N–H and O–H groups in total. The van der Waals surface area contributed by atoms with Crippen LogP contribution >= 0.6 is 12.9 Å². The quantitative estimate of drug-likeness (QED) is 0.374. The number of aromatic carboxylic acids is 1. The van der Waals surface area contributed by atoms with E-state index in [0.29, 0.717) is 0 Å². The molecule has 0 radical (unpaired) electrons. The van der Waals surface area contributed by atoms with Gasteiger partial charge in [0.2, 0.25) is 0 Å². The molecule has 0 spiro atoms. The molecule has 0 aromatic heterocycles. The molecular weight excluding hydrogens is 231 g/mol. The minimum atomic E-state index is -1.09. The fraction of sp³-hybridized carbons (Fsp3) is 0. The van der Waals surface area contributed by atoms with E-state index in [-0.39, 0.29) is 63.9 Å². The van der Waals surface area contributed by atoms with Crippen LogP contribution in [0.1, 0.15) is 22.1 Å². The number of carboxylic acids is 1. The molecule has 1 aromatic carbocycles. The van der Waals surface area contributed by atoms with Crippen LogP contribution in [-0.4, -0.2) is 17.0 Å². The van der Waals surface area contributed by atoms with Gasteiger partial charge in [0.15, 0.2) is 0 Å². The predicted molar refractivity (Wildman–Crippen MR) is 48.9 cm³/mol. The largest absolute Gasteiger partial charge is 1.00 e. The fourth-order valence-electron chi connectivity index (χ4n) is 0.832. The summed E-state index contributed by atoms with van der Waals surface area (Å²) in [5, 5.41) is 8.59. The average Bonchev–Trinajstić information content (AvgIpc) is 2.17. The Bertz CT molecular complexity index is 358. The smallest absolute Gasteiger partial charge is 1.00 e. The Hall–Kier alpha value is 0.146. The van der Waals surface area contributed by atoms with Gasteiger partial charge in [-0.15, -0.1) is 0 Å². The predicted octanol–water partition coefficient (Wildman–Crippen LogP) is -1.50. The Morgan fingerprint density at radius 1 is 1.36 bits per heavy atom. The molecule has 14 heavy (non-hydrogen) atoms. The number of hydrogen-bond acceptors (Lipinski definition) is 4. The zero-order chi connectivity index (χ0) is 9.84. The van der Waals surface area contributed by atoms with E-state index in [0.717, 1.165) is 0 Å². The normalized spacial score (nSPS) is 8.64. The zero-order valence-electron chi connectivity index (χ0n) is 8.43. The molecule has 1 rings (SSSR count). The van der Waals surface area contributed by atoms with Gasteiger partial charge in [-0.3, -0.25) is 0 Å². The maximum Gasteiger partial charge on any atom is 1.00 e. The van der Waals surface area contributed by atoms with Crippen LogP contribution in [0.2, 0.25) is 0 Å². The number of hydrogen-bond donors (Lipinski definition) is 2. The first-order valence-electron chi connectivity index (χ1n) is 3.34. The summed E-state index contributed by atoms with van der Waals surface area (Å²) >= 11 is 3.32. The molecule has 0 heterocycles. The third-order valence-corrected chi connectivity index (χ3v) is 1.59. The van der Waals surface area contributed by atoms with Crippen LogP contribution in [0.4, 0.5) is 0 Å². The Labute approximate surface area is 130 Å². The summed E-state index contributed by atoms with van der Waals surface area (Å²) in [4.78, 5) is 21.4. The van der Waals surface area contributed by atoms with Gasteiger partial charge < -0.3 is 10.7 Å². The van der Waals surface area contributed by atoms with Crippen LogP contribution in [-0.2, 0) is 4.18 Å². The SMILES string of the molecule is O=C(O)c1cccc(C(=O)OS)c1.[H-].[K+]. The topological polar surface area (TPSA) is 63.6 Å². The maximum absolute atomic E-state index is 10.9. The monoisotopic (exact) mass is 238 g/mol. The molecule has 70 valence electrons. The third kappa shape index (κ3) is 3.72. The molecule has 0 aliphatic carbocycles. The molecule has 0 aliphatic heterocycles. The minimum absolute atomic E-state index is 0. The van der Waals surface area contributed by atoms with Crippen molar-refractivity contribution in [2.45, 2.75) is 0 Å². The van der Waals surface area contributed by atoms with Crippen molar-refractivity contribution >= 4 is 24.8 Å². The molecule has 0 unspecified atom stereocenters. The first-order chi connectivity index (χ1) is 6.15. The van der Waals surface area contributed by atoms with Crippen LogP contribution in [0, 0.1) is 0 Å². The molecular formula is C8H7KO4S. The van der Waals surface area contributed by atoms with Crippen LogP contribution in [0.15, 0.2) is 24.3 Å². The molecule has 0 saturated heterocycles. The maximum atomic E-state index is 10.9. The van der Waals surface area contributed by atoms with E-state index in [1.807, 2.05) is 0 Å². The first kappa shape index (κ1) is 14.1. The number of carbonyl (C=O) groups excluding carboxylic acids is 1. The molecule has 0 atom stereocenters. The molecule has 0 aliphatic rings. The van der Waals surface area contributed by atoms with Crippen molar-refractivity contribution in [1.82, 2.24) is 0 Å². The molecule has 0 fully saturated rings. The van der Waals surface area contributed by atoms with Crippen molar-refractivity contribution < 1.29 is 71.7 Å². The van der Waals surface area contributed by atoms with Crippen molar-refractivity contribution in [2.75, 3.05) is 0 Å². The van der Waals surface area contributed by atoms with Crippen LogP contribution < -0.4 is 51.4 Å². The van der Waals surface area contributed by atoms with Gasteiger partial charge in [0.25, 0.3) is 0 Å². The van der Waals surface area contributed by atoms with Gasteiger partial charge in [-0.2, -0.15) is 0 Å². The second kappa shape index (κ2) is 6.60. The Kier molecular flexibility index (Phi) is 6.67. The van der Waals surface area contributed by atoms with Crippen molar-refractivity contribution in [1.29, 1.82) is 0 Å². The summed E-state index contributed by atoms with van der Waals surface area (Å²) in [6.07, 6.45) is 0. The van der Waals surface area contributed by atoms with E-state index in [1.54, 1.807) is 0 Å². The van der Waals surface area contributed by atoms with Gasteiger partial charge in [0.1, 0.15) is 0 Å². The Morgan fingerprint density at radius 3 is 2.43 bits per heavy atom. The molecule has 0 saturated carbocycles. The third-order valence-electron chi connectivity index (χ3n) is 1.43.